The van der Waals surface area contributed by atoms with E-state index in [1.165, 1.54) is 33.8 Å². The third kappa shape index (κ3) is 4.39. The van der Waals surface area contributed by atoms with Gasteiger partial charge in [0.15, 0.2) is 10.8 Å². The number of nitrogens with zero attached hydrogens (tertiary/aromatic N) is 3. The number of carboxylic acids is 1. The normalized spacial score (nSPS) is 30.4. The molecule has 4 atom stereocenters. The second-order valence-corrected chi connectivity index (χ2v) is 10.8. The molecule has 1 aromatic rings. The third-order valence-electron chi connectivity index (χ3n) is 5.33. The topological polar surface area (TPSA) is 177 Å². The number of carbonyl (C=O) groups excluding carboxylic acids is 2. The van der Waals surface area contributed by atoms with Crippen molar-refractivity contribution in [2.24, 2.45) is 5.16 Å². The van der Waals surface area contributed by atoms with Crippen LogP contribution in [0.25, 0.3) is 0 Å². The Hall–Kier alpha value is -2.07. The number of hydrogen-bond acceptors (Lipinski definition) is 12. The van der Waals surface area contributed by atoms with Crippen LogP contribution in [0.2, 0.25) is 0 Å². The smallest absolute Gasteiger partial charge is 0.322 e. The standard InChI is InChI=1S/C17H21N5O7S3/c18-16-19-9(4-30-16)10(21-27)12(23)20-11-13(24)22-5-17(15(25)26,6-31-14(11)22)32-3-8-1-2-28-7-29-8/h4,8,11,14,27H,1-3,5-7H2,(H2,18,19)(H,20,23)(H,25,26)/t8?,11?,14-,17?/m1/s1. The van der Waals surface area contributed by atoms with E-state index in [-0.39, 0.29) is 47.6 Å². The van der Waals surface area contributed by atoms with Crippen molar-refractivity contribution in [2.75, 3.05) is 37.2 Å². The lowest BCUT2D eigenvalue weighted by Crippen LogP contribution is -2.75. The minimum absolute atomic E-state index is 0.0304. The number of aromatic nitrogens is 1. The van der Waals surface area contributed by atoms with Crippen molar-refractivity contribution in [1.82, 2.24) is 15.2 Å². The van der Waals surface area contributed by atoms with Gasteiger partial charge in [0.2, 0.25) is 5.91 Å². The fourth-order valence-electron chi connectivity index (χ4n) is 3.53. The van der Waals surface area contributed by atoms with Crippen molar-refractivity contribution in [3.63, 3.8) is 0 Å². The van der Waals surface area contributed by atoms with Crippen molar-refractivity contribution in [1.29, 1.82) is 0 Å². The Labute approximate surface area is 194 Å². The van der Waals surface area contributed by atoms with Crippen molar-refractivity contribution in [2.45, 2.75) is 28.7 Å². The van der Waals surface area contributed by atoms with Crippen LogP contribution in [0.4, 0.5) is 5.13 Å². The van der Waals surface area contributed by atoms with Crippen LogP contribution in [0.3, 0.4) is 0 Å². The monoisotopic (exact) mass is 503 g/mol. The Morgan fingerprint density at radius 3 is 2.94 bits per heavy atom. The van der Waals surface area contributed by atoms with Gasteiger partial charge >= 0.3 is 5.97 Å². The first-order valence-electron chi connectivity index (χ1n) is 9.58. The van der Waals surface area contributed by atoms with Crippen LogP contribution in [0, 0.1) is 0 Å². The zero-order chi connectivity index (χ0) is 22.9. The summed E-state index contributed by atoms with van der Waals surface area (Å²) in [6, 6.07) is -0.851. The average molecular weight is 504 g/mol. The van der Waals surface area contributed by atoms with Crippen molar-refractivity contribution >= 4 is 63.5 Å². The van der Waals surface area contributed by atoms with Gasteiger partial charge in [-0.2, -0.15) is 0 Å². The van der Waals surface area contributed by atoms with Gasteiger partial charge in [0, 0.05) is 23.4 Å². The Bertz CT molecular complexity index is 937. The van der Waals surface area contributed by atoms with Gasteiger partial charge in [-0.05, 0) is 6.42 Å². The zero-order valence-corrected chi connectivity index (χ0v) is 19.1. The molecule has 4 rings (SSSR count). The number of nitrogens with two attached hydrogens (primary N) is 1. The number of β-lactam (4-membered cyclic amide) rings is 1. The van der Waals surface area contributed by atoms with Crippen LogP contribution in [0.5, 0.6) is 0 Å². The average Bonchev–Trinajstić information content (AvgIpc) is 3.22. The number of aliphatic carboxylic acids is 1. The molecule has 3 aliphatic heterocycles. The maximum Gasteiger partial charge on any atom is 0.322 e. The quantitative estimate of drug-likeness (QED) is 0.165. The summed E-state index contributed by atoms with van der Waals surface area (Å²) >= 11 is 3.65. The Balaban J connectivity index is 1.38. The molecule has 0 aromatic carbocycles. The molecule has 0 radical (unpaired) electrons. The SMILES string of the molecule is Nc1nc(C(=NO)C(=O)NC2C(=O)N3CC(SCC4CCOCO4)(C(=O)O)CS[C@H]23)cs1. The first-order chi connectivity index (χ1) is 15.3. The molecule has 3 unspecified atom stereocenters. The molecule has 3 saturated heterocycles. The Morgan fingerprint density at radius 1 is 1.50 bits per heavy atom. The van der Waals surface area contributed by atoms with Crippen LogP contribution in [-0.2, 0) is 23.9 Å². The van der Waals surface area contributed by atoms with Gasteiger partial charge in [0.05, 0.1) is 12.7 Å². The Kier molecular flexibility index (Phi) is 6.80. The first kappa shape index (κ1) is 23.1. The van der Waals surface area contributed by atoms with Crippen molar-refractivity contribution in [3.8, 4) is 0 Å². The molecule has 0 saturated carbocycles. The highest BCUT2D eigenvalue weighted by molar-refractivity contribution is 8.05. The summed E-state index contributed by atoms with van der Waals surface area (Å²) in [7, 11) is 0. The number of anilines is 1. The van der Waals surface area contributed by atoms with E-state index in [1.807, 2.05) is 0 Å². The number of amides is 2. The van der Waals surface area contributed by atoms with Crippen LogP contribution < -0.4 is 11.1 Å². The van der Waals surface area contributed by atoms with Gasteiger partial charge < -0.3 is 35.7 Å². The molecule has 3 fully saturated rings. The predicted octanol–water partition coefficient (Wildman–Crippen LogP) is -0.377. The summed E-state index contributed by atoms with van der Waals surface area (Å²) < 4.78 is 9.47. The number of carbonyl (C=O) groups is 3. The van der Waals surface area contributed by atoms with Gasteiger partial charge in [-0.15, -0.1) is 34.9 Å². The molecule has 32 heavy (non-hydrogen) atoms. The minimum atomic E-state index is -1.16. The van der Waals surface area contributed by atoms with Crippen molar-refractivity contribution < 1.29 is 34.2 Å². The molecule has 174 valence electrons. The number of thioether (sulfide) groups is 2. The van der Waals surface area contributed by atoms with E-state index in [9.17, 15) is 24.7 Å². The molecule has 4 heterocycles. The highest BCUT2D eigenvalue weighted by Gasteiger charge is 2.58. The molecule has 15 heteroatoms. The largest absolute Gasteiger partial charge is 0.480 e. The molecule has 0 aliphatic carbocycles. The second kappa shape index (κ2) is 9.43. The van der Waals surface area contributed by atoms with Crippen LogP contribution in [-0.4, -0.2) is 97.4 Å². The van der Waals surface area contributed by atoms with Gasteiger partial charge in [0.1, 0.15) is 28.6 Å². The maximum atomic E-state index is 12.7. The summed E-state index contributed by atoms with van der Waals surface area (Å²) in [5.74, 6) is -1.40. The molecule has 1 aromatic heterocycles. The van der Waals surface area contributed by atoms with E-state index in [0.29, 0.717) is 18.8 Å². The van der Waals surface area contributed by atoms with E-state index in [1.54, 1.807) is 0 Å². The molecule has 3 aliphatic rings. The van der Waals surface area contributed by atoms with E-state index in [2.05, 4.69) is 15.5 Å². The number of nitrogen functional groups attached to an aromatic ring is 1. The number of oxime groups is 1. The summed E-state index contributed by atoms with van der Waals surface area (Å²) in [6.07, 6.45) is 0.594. The molecular weight excluding hydrogens is 482 g/mol. The molecule has 0 spiro atoms. The van der Waals surface area contributed by atoms with Gasteiger partial charge in [0.25, 0.3) is 5.91 Å². The number of rotatable bonds is 7. The minimum Gasteiger partial charge on any atom is -0.480 e. The highest BCUT2D eigenvalue weighted by atomic mass is 32.2. The predicted molar refractivity (Wildman–Crippen MR) is 118 cm³/mol. The lowest BCUT2D eigenvalue weighted by molar-refractivity contribution is -0.151. The van der Waals surface area contributed by atoms with E-state index in [4.69, 9.17) is 15.2 Å². The lowest BCUT2D eigenvalue weighted by atomic mass is 10.0. The number of hydrogen-bond donors (Lipinski definition) is 4. The van der Waals surface area contributed by atoms with E-state index < -0.39 is 28.0 Å². The van der Waals surface area contributed by atoms with Crippen LogP contribution >= 0.6 is 34.9 Å². The fraction of sp³-hybridized carbons (Fsp3) is 0.588. The summed E-state index contributed by atoms with van der Waals surface area (Å²) in [5, 5.41) is 25.9. The van der Waals surface area contributed by atoms with Crippen LogP contribution in [0.15, 0.2) is 10.5 Å². The molecule has 2 amide bonds. The Morgan fingerprint density at radius 2 is 2.31 bits per heavy atom. The lowest BCUT2D eigenvalue weighted by Gasteiger charge is -2.53. The summed E-state index contributed by atoms with van der Waals surface area (Å²) in [6.45, 7) is 0.796. The van der Waals surface area contributed by atoms with Crippen LogP contribution in [0.1, 0.15) is 12.1 Å². The highest BCUT2D eigenvalue weighted by Crippen LogP contribution is 2.44. The van der Waals surface area contributed by atoms with Gasteiger partial charge in [-0.25, -0.2) is 4.98 Å². The number of carboxylic acid groups (broad SMARTS) is 1. The van der Waals surface area contributed by atoms with E-state index in [0.717, 1.165) is 11.3 Å². The summed E-state index contributed by atoms with van der Waals surface area (Å²) in [4.78, 5) is 42.7. The molecule has 12 nitrogen and oxygen atoms in total. The maximum absolute atomic E-state index is 12.7. The second-order valence-electron chi connectivity index (χ2n) is 7.35. The van der Waals surface area contributed by atoms with Crippen molar-refractivity contribution in [3.05, 3.63) is 11.1 Å². The number of fused-ring (bicyclic) bond motifs is 1. The number of thiazole rings is 1. The van der Waals surface area contributed by atoms with E-state index >= 15 is 0 Å². The molecular formula is C17H21N5O7S3. The number of ether oxygens (including phenoxy) is 2. The summed E-state index contributed by atoms with van der Waals surface area (Å²) in [5.41, 5.74) is 5.30. The molecule has 0 bridgehead atoms. The first-order valence-corrected chi connectivity index (χ1v) is 12.5. The third-order valence-corrected chi connectivity index (χ3v) is 9.25. The fourth-order valence-corrected chi connectivity index (χ4v) is 7.13. The molecule has 5 N–H and O–H groups in total. The zero-order valence-electron chi connectivity index (χ0n) is 16.6. The van der Waals surface area contributed by atoms with Gasteiger partial charge in [-0.3, -0.25) is 14.4 Å². The van der Waals surface area contributed by atoms with Gasteiger partial charge in [-0.1, -0.05) is 5.16 Å². The number of nitrogens with one attached hydrogen (secondary N) is 1.